The second kappa shape index (κ2) is 15.1. The van der Waals surface area contributed by atoms with Crippen molar-refractivity contribution in [1.29, 1.82) is 0 Å². The second-order valence-electron chi connectivity index (χ2n) is 12.0. The zero-order valence-corrected chi connectivity index (χ0v) is 27.1. The molecule has 1 saturated carbocycles. The largest absolute Gasteiger partial charge is 0.481 e. The molecule has 1 aliphatic carbocycles. The first kappa shape index (κ1) is 32.8. The smallest absolute Gasteiger partial charge is 0.321 e. The lowest BCUT2D eigenvalue weighted by atomic mass is 9.78. The maximum absolute atomic E-state index is 12.2. The summed E-state index contributed by atoms with van der Waals surface area (Å²) in [7, 11) is 1.74. The number of carbonyl (C=O) groups excluding carboxylic acids is 1. The number of methoxy groups -OCH3 is 1. The molecule has 4 atom stereocenters. The predicted octanol–water partition coefficient (Wildman–Crippen LogP) is 7.66. The monoisotopic (exact) mass is 609 g/mol. The number of thiazole rings is 1. The highest BCUT2D eigenvalue weighted by Gasteiger charge is 2.38. The van der Waals surface area contributed by atoms with Crippen LogP contribution in [-0.4, -0.2) is 52.3 Å². The molecule has 2 amide bonds. The molecule has 4 rings (SSSR count). The maximum Gasteiger partial charge on any atom is 0.321 e. The lowest BCUT2D eigenvalue weighted by Crippen LogP contribution is -2.29. The van der Waals surface area contributed by atoms with Gasteiger partial charge in [-0.25, -0.2) is 19.7 Å². The summed E-state index contributed by atoms with van der Waals surface area (Å²) >= 11 is 1.51. The molecule has 3 aromatic rings. The van der Waals surface area contributed by atoms with Gasteiger partial charge in [0.15, 0.2) is 5.13 Å². The topological polar surface area (TPSA) is 126 Å². The van der Waals surface area contributed by atoms with Gasteiger partial charge in [0.25, 0.3) is 0 Å². The van der Waals surface area contributed by atoms with Crippen molar-refractivity contribution in [3.05, 3.63) is 35.9 Å². The second-order valence-corrected chi connectivity index (χ2v) is 13.0. The summed E-state index contributed by atoms with van der Waals surface area (Å²) in [6.07, 6.45) is 11.5. The van der Waals surface area contributed by atoms with Gasteiger partial charge in [-0.3, -0.25) is 10.1 Å². The summed E-state index contributed by atoms with van der Waals surface area (Å²) < 4.78 is 6.47. The number of fused-ring (bicyclic) bond motifs is 1. The lowest BCUT2D eigenvalue weighted by molar-refractivity contribution is -0.150. The number of hydrogen-bond acceptors (Lipinski definition) is 7. The van der Waals surface area contributed by atoms with Crippen LogP contribution >= 0.6 is 11.3 Å². The number of carbonyl (C=O) groups is 2. The number of nitrogens with zero attached hydrogens (tertiary/aromatic N) is 3. The van der Waals surface area contributed by atoms with E-state index in [1.807, 2.05) is 26.2 Å². The summed E-state index contributed by atoms with van der Waals surface area (Å²) in [5, 5.41) is 16.1. The quantitative estimate of drug-likeness (QED) is 0.170. The van der Waals surface area contributed by atoms with Crippen molar-refractivity contribution in [3.8, 4) is 11.1 Å². The number of urea groups is 1. The zero-order chi connectivity index (χ0) is 31.0. The summed E-state index contributed by atoms with van der Waals surface area (Å²) in [5.41, 5.74) is 3.42. The van der Waals surface area contributed by atoms with Crippen LogP contribution in [0.25, 0.3) is 21.3 Å². The Morgan fingerprint density at radius 2 is 1.91 bits per heavy atom. The Hall–Kier alpha value is -3.11. The Bertz CT molecular complexity index is 1380. The van der Waals surface area contributed by atoms with E-state index in [4.69, 9.17) is 19.7 Å². The third-order valence-corrected chi connectivity index (χ3v) is 10.4. The molecule has 234 valence electrons. The predicted molar refractivity (Wildman–Crippen MR) is 173 cm³/mol. The van der Waals surface area contributed by atoms with Gasteiger partial charge < -0.3 is 15.2 Å². The van der Waals surface area contributed by atoms with Gasteiger partial charge in [0.05, 0.1) is 15.6 Å². The number of ether oxygens (including phenoxy) is 1. The van der Waals surface area contributed by atoms with Crippen LogP contribution in [0.3, 0.4) is 0 Å². The fourth-order valence-electron chi connectivity index (χ4n) is 6.56. The number of carboxylic acid groups (broad SMARTS) is 1. The highest BCUT2D eigenvalue weighted by atomic mass is 32.1. The molecule has 1 aromatic carbocycles. The van der Waals surface area contributed by atoms with Gasteiger partial charge in [-0.05, 0) is 92.9 Å². The normalized spacial score (nSPS) is 20.3. The van der Waals surface area contributed by atoms with Gasteiger partial charge in [-0.1, -0.05) is 38.5 Å². The molecule has 1 fully saturated rings. The first-order valence-electron chi connectivity index (χ1n) is 15.8. The van der Waals surface area contributed by atoms with E-state index in [0.29, 0.717) is 42.5 Å². The summed E-state index contributed by atoms with van der Waals surface area (Å²) in [6.45, 7) is 9.61. The maximum atomic E-state index is 12.2. The number of aromatic nitrogens is 3. The third kappa shape index (κ3) is 7.89. The highest BCUT2D eigenvalue weighted by molar-refractivity contribution is 7.22. The Labute approximate surface area is 259 Å². The van der Waals surface area contributed by atoms with Gasteiger partial charge in [-0.15, -0.1) is 0 Å². The minimum atomic E-state index is -0.654. The number of hydrogen-bond donors (Lipinski definition) is 3. The summed E-state index contributed by atoms with van der Waals surface area (Å²) in [4.78, 5) is 38.5. The molecule has 9 nitrogen and oxygen atoms in total. The Balaban J connectivity index is 1.61. The number of amides is 2. The Morgan fingerprint density at radius 3 is 2.56 bits per heavy atom. The van der Waals surface area contributed by atoms with E-state index in [-0.39, 0.29) is 6.03 Å². The Morgan fingerprint density at radius 1 is 1.14 bits per heavy atom. The first-order chi connectivity index (χ1) is 20.7. The van der Waals surface area contributed by atoms with E-state index in [2.05, 4.69) is 36.6 Å². The first-order valence-corrected chi connectivity index (χ1v) is 16.6. The van der Waals surface area contributed by atoms with Crippen molar-refractivity contribution >= 4 is 38.7 Å². The molecule has 0 bridgehead atoms. The lowest BCUT2D eigenvalue weighted by Gasteiger charge is -2.26. The molecule has 0 radical (unpaired) electrons. The molecule has 10 heteroatoms. The van der Waals surface area contributed by atoms with Crippen LogP contribution in [0.1, 0.15) is 96.4 Å². The van der Waals surface area contributed by atoms with Gasteiger partial charge in [0, 0.05) is 44.6 Å². The number of rotatable bonds is 13. The molecule has 43 heavy (non-hydrogen) atoms. The van der Waals surface area contributed by atoms with Crippen LogP contribution in [0.15, 0.2) is 24.5 Å². The van der Waals surface area contributed by atoms with Crippen molar-refractivity contribution in [2.24, 2.45) is 17.3 Å². The van der Waals surface area contributed by atoms with E-state index in [1.54, 1.807) is 7.11 Å². The van der Waals surface area contributed by atoms with Crippen LogP contribution in [0, 0.1) is 17.3 Å². The van der Waals surface area contributed by atoms with Crippen molar-refractivity contribution < 1.29 is 19.4 Å². The van der Waals surface area contributed by atoms with Crippen molar-refractivity contribution in [1.82, 2.24) is 20.3 Å². The molecule has 4 unspecified atom stereocenters. The highest BCUT2D eigenvalue weighted by Crippen LogP contribution is 2.42. The van der Waals surface area contributed by atoms with Crippen molar-refractivity contribution in [3.63, 3.8) is 0 Å². The molecule has 1 aliphatic rings. The van der Waals surface area contributed by atoms with E-state index >= 15 is 0 Å². The van der Waals surface area contributed by atoms with Gasteiger partial charge in [0.1, 0.15) is 5.82 Å². The molecule has 0 aliphatic heterocycles. The summed E-state index contributed by atoms with van der Waals surface area (Å²) in [5.74, 6) is 1.24. The third-order valence-electron chi connectivity index (χ3n) is 9.32. The molecular formula is C33H47N5O4S. The van der Waals surface area contributed by atoms with E-state index in [1.165, 1.54) is 16.9 Å². The molecule has 3 N–H and O–H groups in total. The number of carboxylic acids is 1. The number of anilines is 1. The van der Waals surface area contributed by atoms with Crippen molar-refractivity contribution in [2.75, 3.05) is 25.6 Å². The molecule has 0 spiro atoms. The molecule has 0 saturated heterocycles. The molecule has 2 aromatic heterocycles. The van der Waals surface area contributed by atoms with E-state index < -0.39 is 11.4 Å². The average molecular weight is 610 g/mol. The Kier molecular flexibility index (Phi) is 11.5. The van der Waals surface area contributed by atoms with Crippen LogP contribution in [0.2, 0.25) is 0 Å². The SMILES string of the molecule is CCNC(=O)Nc1nc2cc(-c3cnc(CC4CCCC(CC)(C(=O)O)CC4)nc3)cc(C(CC)C(C)CCOC)c2s1. The van der Waals surface area contributed by atoms with Crippen LogP contribution in [-0.2, 0) is 16.0 Å². The minimum absolute atomic E-state index is 0.259. The number of nitrogens with one attached hydrogen (secondary N) is 2. The van der Waals surface area contributed by atoms with E-state index in [9.17, 15) is 14.7 Å². The summed E-state index contributed by atoms with van der Waals surface area (Å²) in [6, 6.07) is 4.04. The fourth-order valence-corrected chi connectivity index (χ4v) is 7.58. The zero-order valence-electron chi connectivity index (χ0n) is 26.2. The van der Waals surface area contributed by atoms with Crippen LogP contribution in [0.4, 0.5) is 9.93 Å². The van der Waals surface area contributed by atoms with Crippen LogP contribution < -0.4 is 10.6 Å². The van der Waals surface area contributed by atoms with Gasteiger partial charge in [-0.2, -0.15) is 0 Å². The standard InChI is InChI=1S/C33H47N5O4S/c1-6-25(21(4)12-15-42-5)26-17-23(18-27-29(26)43-32(37-27)38-31(41)34-8-3)24-19-35-28(36-20-24)16-22-10-9-13-33(7-2,14-11-22)30(39)40/h17-22,25H,6-16H2,1-5H3,(H,39,40)(H2,34,37,38,41). The molecule has 2 heterocycles. The van der Waals surface area contributed by atoms with Gasteiger partial charge in [0.2, 0.25) is 0 Å². The van der Waals surface area contributed by atoms with E-state index in [0.717, 1.165) is 78.5 Å². The van der Waals surface area contributed by atoms with Crippen LogP contribution in [0.5, 0.6) is 0 Å². The minimum Gasteiger partial charge on any atom is -0.481 e. The van der Waals surface area contributed by atoms with Gasteiger partial charge >= 0.3 is 12.0 Å². The molecular weight excluding hydrogens is 562 g/mol. The van der Waals surface area contributed by atoms with Crippen molar-refractivity contribution in [2.45, 2.75) is 91.4 Å². The fraction of sp³-hybridized carbons (Fsp3) is 0.606. The average Bonchev–Trinajstić information content (AvgIpc) is 3.28. The number of benzene rings is 1. The number of aliphatic carboxylic acids is 1.